The third kappa shape index (κ3) is 5.11. The number of carbonyl (C=O) groups is 2. The number of likely N-dealkylation sites (N-methyl/N-ethyl adjacent to an activating group) is 1. The average molecular weight is 408 g/mol. The molecule has 1 saturated carbocycles. The highest BCUT2D eigenvalue weighted by Crippen LogP contribution is 2.32. The van der Waals surface area contributed by atoms with E-state index in [0.717, 1.165) is 29.7 Å². The van der Waals surface area contributed by atoms with Crippen molar-refractivity contribution in [2.45, 2.75) is 45.2 Å². The second-order valence-corrected chi connectivity index (χ2v) is 10.3. The predicted octanol–water partition coefficient (Wildman–Crippen LogP) is 1.35. The highest BCUT2D eigenvalue weighted by Gasteiger charge is 2.42. The normalized spacial score (nSPS) is 20.9. The maximum absolute atomic E-state index is 12.8. The van der Waals surface area contributed by atoms with Gasteiger partial charge in [-0.3, -0.25) is 14.5 Å². The first kappa shape index (κ1) is 20.8. The Hall–Kier alpha value is -1.93. The van der Waals surface area contributed by atoms with Crippen LogP contribution in [0.2, 0.25) is 0 Å². The number of rotatable bonds is 7. The van der Waals surface area contributed by atoms with E-state index in [4.69, 9.17) is 0 Å². The first-order valence-corrected chi connectivity index (χ1v) is 11.5. The van der Waals surface area contributed by atoms with Crippen LogP contribution in [0.4, 0.5) is 5.69 Å². The fourth-order valence-corrected chi connectivity index (χ4v) is 5.57. The fraction of sp³-hybridized carbons (Fsp3) is 0.600. The van der Waals surface area contributed by atoms with Gasteiger partial charge in [0.2, 0.25) is 11.8 Å². The summed E-state index contributed by atoms with van der Waals surface area (Å²) in [5, 5.41) is 2.93. The van der Waals surface area contributed by atoms with E-state index >= 15 is 0 Å². The molecule has 8 heteroatoms. The van der Waals surface area contributed by atoms with Crippen LogP contribution in [0.1, 0.15) is 30.4 Å². The van der Waals surface area contributed by atoms with Crippen molar-refractivity contribution in [2.75, 3.05) is 37.0 Å². The maximum Gasteiger partial charge on any atom is 0.238 e. The minimum absolute atomic E-state index is 0.0615. The summed E-state index contributed by atoms with van der Waals surface area (Å²) in [7, 11) is -1.31. The van der Waals surface area contributed by atoms with Gasteiger partial charge >= 0.3 is 0 Å². The summed E-state index contributed by atoms with van der Waals surface area (Å²) in [4.78, 5) is 28.7. The lowest BCUT2D eigenvalue weighted by Gasteiger charge is -2.30. The minimum Gasteiger partial charge on any atom is -0.335 e. The first-order chi connectivity index (χ1) is 13.2. The van der Waals surface area contributed by atoms with Gasteiger partial charge in [-0.15, -0.1) is 0 Å². The number of benzene rings is 1. The highest BCUT2D eigenvalue weighted by molar-refractivity contribution is 7.91. The van der Waals surface area contributed by atoms with Crippen molar-refractivity contribution >= 4 is 27.3 Å². The molecular formula is C20H29N3O4S. The molecule has 2 aliphatic rings. The number of nitrogens with zero attached hydrogens (tertiary/aromatic N) is 2. The Labute approximate surface area is 167 Å². The zero-order valence-corrected chi connectivity index (χ0v) is 17.6. The van der Waals surface area contributed by atoms with Crippen LogP contribution in [-0.2, 0) is 19.4 Å². The van der Waals surface area contributed by atoms with E-state index in [1.807, 2.05) is 32.0 Å². The molecule has 2 amide bonds. The van der Waals surface area contributed by atoms with Crippen LogP contribution in [0.5, 0.6) is 0 Å². The molecule has 0 bridgehead atoms. The monoisotopic (exact) mass is 407 g/mol. The van der Waals surface area contributed by atoms with Crippen LogP contribution in [-0.4, -0.2) is 73.8 Å². The molecule has 28 heavy (non-hydrogen) atoms. The van der Waals surface area contributed by atoms with Crippen molar-refractivity contribution < 1.29 is 18.0 Å². The molecule has 1 aromatic carbocycles. The molecule has 1 heterocycles. The Kier molecular flexibility index (Phi) is 6.09. The summed E-state index contributed by atoms with van der Waals surface area (Å²) in [5.41, 5.74) is 2.80. The lowest BCUT2D eigenvalue weighted by molar-refractivity contribution is -0.134. The number of para-hydroxylation sites is 1. The first-order valence-electron chi connectivity index (χ1n) is 9.72. The zero-order valence-electron chi connectivity index (χ0n) is 16.8. The van der Waals surface area contributed by atoms with Crippen LogP contribution >= 0.6 is 0 Å². The fourth-order valence-electron chi connectivity index (χ4n) is 3.86. The van der Waals surface area contributed by atoms with Gasteiger partial charge in [0, 0.05) is 17.8 Å². The molecule has 1 saturated heterocycles. The van der Waals surface area contributed by atoms with Crippen molar-refractivity contribution in [3.05, 3.63) is 29.3 Å². The Bertz CT molecular complexity index is 844. The Morgan fingerprint density at radius 1 is 1.07 bits per heavy atom. The van der Waals surface area contributed by atoms with Gasteiger partial charge in [0.1, 0.15) is 0 Å². The molecule has 7 nitrogen and oxygen atoms in total. The van der Waals surface area contributed by atoms with E-state index in [-0.39, 0.29) is 48.5 Å². The molecule has 1 aliphatic heterocycles. The molecular weight excluding hydrogens is 378 g/mol. The van der Waals surface area contributed by atoms with E-state index in [9.17, 15) is 18.0 Å². The van der Waals surface area contributed by atoms with Crippen LogP contribution in [0.15, 0.2) is 18.2 Å². The standard InChI is InChI=1S/C20H29N3O4S/c1-14-5-4-6-15(2)20(14)21-18(24)11-22(3)12-19(25)23(16-7-8-16)17-9-10-28(26,27)13-17/h4-6,16-17H,7-13H2,1-3H3,(H,21,24)/t17-/m0/s1. The van der Waals surface area contributed by atoms with E-state index in [1.54, 1.807) is 16.8 Å². The molecule has 1 aromatic rings. The van der Waals surface area contributed by atoms with E-state index in [2.05, 4.69) is 5.32 Å². The molecule has 2 fully saturated rings. The summed E-state index contributed by atoms with van der Waals surface area (Å²) in [6.45, 7) is 4.09. The second kappa shape index (κ2) is 8.21. The smallest absolute Gasteiger partial charge is 0.238 e. The number of hydrogen-bond donors (Lipinski definition) is 1. The zero-order chi connectivity index (χ0) is 20.5. The number of anilines is 1. The van der Waals surface area contributed by atoms with E-state index in [1.165, 1.54) is 0 Å². The summed E-state index contributed by atoms with van der Waals surface area (Å²) in [6.07, 6.45) is 2.37. The third-order valence-electron chi connectivity index (χ3n) is 5.39. The number of nitrogens with one attached hydrogen (secondary N) is 1. The summed E-state index contributed by atoms with van der Waals surface area (Å²) in [6, 6.07) is 5.77. The van der Waals surface area contributed by atoms with E-state index < -0.39 is 9.84 Å². The molecule has 1 atom stereocenters. The molecule has 154 valence electrons. The van der Waals surface area contributed by atoms with Crippen molar-refractivity contribution in [2.24, 2.45) is 0 Å². The Balaban J connectivity index is 1.56. The van der Waals surface area contributed by atoms with Crippen LogP contribution < -0.4 is 5.32 Å². The summed E-state index contributed by atoms with van der Waals surface area (Å²) >= 11 is 0. The van der Waals surface area contributed by atoms with Gasteiger partial charge < -0.3 is 10.2 Å². The number of amides is 2. The van der Waals surface area contributed by atoms with Gasteiger partial charge in [-0.05, 0) is 51.3 Å². The largest absolute Gasteiger partial charge is 0.335 e. The molecule has 0 unspecified atom stereocenters. The highest BCUT2D eigenvalue weighted by atomic mass is 32.2. The Morgan fingerprint density at radius 3 is 2.25 bits per heavy atom. The second-order valence-electron chi connectivity index (χ2n) is 8.08. The van der Waals surface area contributed by atoms with Gasteiger partial charge in [-0.2, -0.15) is 0 Å². The lowest BCUT2D eigenvalue weighted by Crippen LogP contribution is -2.47. The predicted molar refractivity (Wildman–Crippen MR) is 109 cm³/mol. The molecule has 3 rings (SSSR count). The van der Waals surface area contributed by atoms with Crippen molar-refractivity contribution in [1.29, 1.82) is 0 Å². The number of aryl methyl sites for hydroxylation is 2. The van der Waals surface area contributed by atoms with Gasteiger partial charge in [-0.1, -0.05) is 18.2 Å². The third-order valence-corrected chi connectivity index (χ3v) is 7.14. The van der Waals surface area contributed by atoms with Crippen LogP contribution in [0.3, 0.4) is 0 Å². The molecule has 1 N–H and O–H groups in total. The number of hydrogen-bond acceptors (Lipinski definition) is 5. The van der Waals surface area contributed by atoms with Crippen molar-refractivity contribution in [3.8, 4) is 0 Å². The SMILES string of the molecule is Cc1cccc(C)c1NC(=O)CN(C)CC(=O)N(C1CC1)[C@H]1CCS(=O)(=O)C1. The van der Waals surface area contributed by atoms with Gasteiger partial charge in [0.15, 0.2) is 9.84 Å². The minimum atomic E-state index is -3.04. The topological polar surface area (TPSA) is 86.8 Å². The van der Waals surface area contributed by atoms with Gasteiger partial charge in [0.25, 0.3) is 0 Å². The van der Waals surface area contributed by atoms with Gasteiger partial charge in [-0.25, -0.2) is 8.42 Å². The quantitative estimate of drug-likeness (QED) is 0.737. The average Bonchev–Trinajstić information content (AvgIpc) is 3.34. The van der Waals surface area contributed by atoms with Gasteiger partial charge in [0.05, 0.1) is 24.6 Å². The van der Waals surface area contributed by atoms with Crippen LogP contribution in [0, 0.1) is 13.8 Å². The van der Waals surface area contributed by atoms with Crippen molar-refractivity contribution in [1.82, 2.24) is 9.80 Å². The molecule has 1 aliphatic carbocycles. The maximum atomic E-state index is 12.8. The molecule has 0 radical (unpaired) electrons. The summed E-state index contributed by atoms with van der Waals surface area (Å²) in [5.74, 6) is -0.0464. The van der Waals surface area contributed by atoms with E-state index in [0.29, 0.717) is 6.42 Å². The Morgan fingerprint density at radius 2 is 1.71 bits per heavy atom. The van der Waals surface area contributed by atoms with Crippen molar-refractivity contribution in [3.63, 3.8) is 0 Å². The number of carbonyl (C=O) groups excluding carboxylic acids is 2. The molecule has 0 aromatic heterocycles. The lowest BCUT2D eigenvalue weighted by atomic mass is 10.1. The number of sulfone groups is 1. The van der Waals surface area contributed by atoms with Crippen LogP contribution in [0.25, 0.3) is 0 Å². The molecule has 0 spiro atoms. The summed E-state index contributed by atoms with van der Waals surface area (Å²) < 4.78 is 23.6.